The van der Waals surface area contributed by atoms with E-state index in [4.69, 9.17) is 0 Å². The fourth-order valence-corrected chi connectivity index (χ4v) is 4.16. The zero-order chi connectivity index (χ0) is 21.5. The maximum Gasteiger partial charge on any atom is 0.275 e. The van der Waals surface area contributed by atoms with Crippen LogP contribution in [0, 0.1) is 0 Å². The van der Waals surface area contributed by atoms with E-state index in [0.29, 0.717) is 27.5 Å². The SMILES string of the molecule is Cn1cc(-c2nc(C(=O)Nc3cccc(N4C(=O)c5ccccc5C4=O)c3)cs2)cn1. The average Bonchev–Trinajstić information content (AvgIpc) is 3.48. The van der Waals surface area contributed by atoms with E-state index in [1.54, 1.807) is 64.8 Å². The number of fused-ring (bicyclic) bond motifs is 1. The van der Waals surface area contributed by atoms with Crippen molar-refractivity contribution in [2.75, 3.05) is 10.2 Å². The third kappa shape index (κ3) is 3.30. The maximum absolute atomic E-state index is 12.7. The van der Waals surface area contributed by atoms with Gasteiger partial charge < -0.3 is 5.32 Å². The van der Waals surface area contributed by atoms with Gasteiger partial charge in [0.05, 0.1) is 23.0 Å². The zero-order valence-electron chi connectivity index (χ0n) is 16.3. The number of anilines is 2. The van der Waals surface area contributed by atoms with Gasteiger partial charge in [0.25, 0.3) is 17.7 Å². The van der Waals surface area contributed by atoms with Gasteiger partial charge in [-0.2, -0.15) is 5.10 Å². The smallest absolute Gasteiger partial charge is 0.275 e. The molecule has 1 aliphatic rings. The monoisotopic (exact) mass is 429 g/mol. The van der Waals surface area contributed by atoms with Crippen LogP contribution >= 0.6 is 11.3 Å². The van der Waals surface area contributed by atoms with Crippen LogP contribution in [0.25, 0.3) is 10.6 Å². The summed E-state index contributed by atoms with van der Waals surface area (Å²) < 4.78 is 1.67. The van der Waals surface area contributed by atoms with Crippen molar-refractivity contribution in [3.05, 3.63) is 83.1 Å². The number of amides is 3. The van der Waals surface area contributed by atoms with Crippen LogP contribution < -0.4 is 10.2 Å². The molecule has 31 heavy (non-hydrogen) atoms. The fraction of sp³-hybridized carbons (Fsp3) is 0.0455. The number of thiazole rings is 1. The molecule has 0 bridgehead atoms. The van der Waals surface area contributed by atoms with Crippen LogP contribution in [0.2, 0.25) is 0 Å². The topological polar surface area (TPSA) is 97.2 Å². The van der Waals surface area contributed by atoms with Gasteiger partial charge in [0.2, 0.25) is 0 Å². The molecular weight excluding hydrogens is 414 g/mol. The Hall–Kier alpha value is -4.11. The molecule has 8 nitrogen and oxygen atoms in total. The number of nitrogens with one attached hydrogen (secondary N) is 1. The summed E-state index contributed by atoms with van der Waals surface area (Å²) in [6.07, 6.45) is 3.51. The summed E-state index contributed by atoms with van der Waals surface area (Å²) in [7, 11) is 1.81. The van der Waals surface area contributed by atoms with Crippen molar-refractivity contribution < 1.29 is 14.4 Å². The molecule has 3 amide bonds. The number of aryl methyl sites for hydroxylation is 1. The van der Waals surface area contributed by atoms with Gasteiger partial charge in [-0.25, -0.2) is 9.88 Å². The normalized spacial score (nSPS) is 12.9. The molecule has 152 valence electrons. The van der Waals surface area contributed by atoms with Gasteiger partial charge >= 0.3 is 0 Å². The minimum absolute atomic E-state index is 0.273. The molecule has 4 aromatic rings. The summed E-state index contributed by atoms with van der Waals surface area (Å²) in [5.41, 5.74) is 2.68. The molecule has 5 rings (SSSR count). The highest BCUT2D eigenvalue weighted by atomic mass is 32.1. The first-order valence-corrected chi connectivity index (χ1v) is 10.2. The first-order chi connectivity index (χ1) is 15.0. The van der Waals surface area contributed by atoms with Crippen LogP contribution in [0.1, 0.15) is 31.2 Å². The van der Waals surface area contributed by atoms with Gasteiger partial charge in [0.1, 0.15) is 10.7 Å². The summed E-state index contributed by atoms with van der Waals surface area (Å²) in [5, 5.41) is 9.26. The fourth-order valence-electron chi connectivity index (χ4n) is 3.38. The molecule has 0 saturated carbocycles. The van der Waals surface area contributed by atoms with E-state index in [0.717, 1.165) is 10.5 Å². The van der Waals surface area contributed by atoms with Crippen molar-refractivity contribution in [1.29, 1.82) is 0 Å². The van der Waals surface area contributed by atoms with Gasteiger partial charge in [-0.15, -0.1) is 11.3 Å². The predicted octanol–water partition coefficient (Wildman–Crippen LogP) is 3.60. The first kappa shape index (κ1) is 18.9. The highest BCUT2D eigenvalue weighted by Crippen LogP contribution is 2.30. The van der Waals surface area contributed by atoms with E-state index >= 15 is 0 Å². The number of rotatable bonds is 4. The molecule has 0 unspecified atom stereocenters. The molecule has 0 aliphatic carbocycles. The third-order valence-electron chi connectivity index (χ3n) is 4.84. The van der Waals surface area contributed by atoms with Crippen LogP contribution in [0.5, 0.6) is 0 Å². The lowest BCUT2D eigenvalue weighted by atomic mass is 10.1. The van der Waals surface area contributed by atoms with E-state index in [1.807, 2.05) is 13.2 Å². The van der Waals surface area contributed by atoms with Gasteiger partial charge in [-0.3, -0.25) is 19.1 Å². The quantitative estimate of drug-likeness (QED) is 0.500. The van der Waals surface area contributed by atoms with Crippen LogP contribution in [-0.2, 0) is 7.05 Å². The van der Waals surface area contributed by atoms with E-state index in [1.165, 1.54) is 11.3 Å². The largest absolute Gasteiger partial charge is 0.321 e. The van der Waals surface area contributed by atoms with Crippen molar-refractivity contribution in [2.24, 2.45) is 7.05 Å². The van der Waals surface area contributed by atoms with E-state index < -0.39 is 0 Å². The molecule has 1 aliphatic heterocycles. The number of carbonyl (C=O) groups is 3. The van der Waals surface area contributed by atoms with Crippen LogP contribution in [0.15, 0.2) is 66.3 Å². The van der Waals surface area contributed by atoms with Gasteiger partial charge in [0, 0.05) is 29.9 Å². The molecular formula is C22H15N5O3S. The molecule has 0 fully saturated rings. The van der Waals surface area contributed by atoms with E-state index in [2.05, 4.69) is 15.4 Å². The Labute approximate surface area is 180 Å². The highest BCUT2D eigenvalue weighted by molar-refractivity contribution is 7.13. The van der Waals surface area contributed by atoms with Crippen LogP contribution in [-0.4, -0.2) is 32.5 Å². The minimum Gasteiger partial charge on any atom is -0.321 e. The number of imide groups is 1. The number of aromatic nitrogens is 3. The van der Waals surface area contributed by atoms with Crippen LogP contribution in [0.4, 0.5) is 11.4 Å². The standard InChI is InChI=1S/C22H15N5O3S/c1-26-11-13(10-23-26)20-25-18(12-31-20)19(28)24-14-5-4-6-15(9-14)27-21(29)16-7-2-3-8-17(16)22(27)30/h2-12H,1H3,(H,24,28). The summed E-state index contributed by atoms with van der Waals surface area (Å²) in [6.45, 7) is 0. The maximum atomic E-state index is 12.7. The molecule has 0 radical (unpaired) electrons. The van der Waals surface area contributed by atoms with Gasteiger partial charge in [0.15, 0.2) is 0 Å². The highest BCUT2D eigenvalue weighted by Gasteiger charge is 2.36. The number of nitrogens with zero attached hydrogens (tertiary/aromatic N) is 4. The summed E-state index contributed by atoms with van der Waals surface area (Å²) >= 11 is 1.35. The second kappa shape index (κ2) is 7.29. The number of benzene rings is 2. The van der Waals surface area contributed by atoms with Gasteiger partial charge in [-0.1, -0.05) is 18.2 Å². The average molecular weight is 429 g/mol. The zero-order valence-corrected chi connectivity index (χ0v) is 17.1. The van der Waals surface area contributed by atoms with Crippen molar-refractivity contribution in [3.8, 4) is 10.6 Å². The van der Waals surface area contributed by atoms with Crippen molar-refractivity contribution >= 4 is 40.4 Å². The second-order valence-corrected chi connectivity index (χ2v) is 7.79. The first-order valence-electron chi connectivity index (χ1n) is 9.35. The van der Waals surface area contributed by atoms with E-state index in [9.17, 15) is 14.4 Å². The predicted molar refractivity (Wildman–Crippen MR) is 116 cm³/mol. The second-order valence-electron chi connectivity index (χ2n) is 6.94. The van der Waals surface area contributed by atoms with Gasteiger partial charge in [-0.05, 0) is 30.3 Å². The summed E-state index contributed by atoms with van der Waals surface area (Å²) in [6, 6.07) is 13.3. The Kier molecular flexibility index (Phi) is 4.45. The minimum atomic E-state index is -0.385. The Morgan fingerprint density at radius 1 is 1.03 bits per heavy atom. The number of carbonyl (C=O) groups excluding carboxylic acids is 3. The Bertz CT molecular complexity index is 1320. The van der Waals surface area contributed by atoms with Crippen LogP contribution in [0.3, 0.4) is 0 Å². The Balaban J connectivity index is 1.37. The third-order valence-corrected chi connectivity index (χ3v) is 5.74. The lowest BCUT2D eigenvalue weighted by molar-refractivity contribution is 0.0925. The Morgan fingerprint density at radius 2 is 1.77 bits per heavy atom. The molecule has 9 heteroatoms. The molecule has 2 aromatic heterocycles. The summed E-state index contributed by atoms with van der Waals surface area (Å²) in [4.78, 5) is 43.6. The lowest BCUT2D eigenvalue weighted by Crippen LogP contribution is -2.29. The molecule has 2 aromatic carbocycles. The lowest BCUT2D eigenvalue weighted by Gasteiger charge is -2.15. The molecule has 0 atom stereocenters. The molecule has 0 spiro atoms. The molecule has 1 N–H and O–H groups in total. The molecule has 3 heterocycles. The Morgan fingerprint density at radius 3 is 2.45 bits per heavy atom. The van der Waals surface area contributed by atoms with Crippen molar-refractivity contribution in [2.45, 2.75) is 0 Å². The number of hydrogen-bond donors (Lipinski definition) is 1. The van der Waals surface area contributed by atoms with Crippen molar-refractivity contribution in [1.82, 2.24) is 14.8 Å². The summed E-state index contributed by atoms with van der Waals surface area (Å²) in [5.74, 6) is -1.15. The van der Waals surface area contributed by atoms with E-state index in [-0.39, 0.29) is 23.4 Å². The number of hydrogen-bond acceptors (Lipinski definition) is 6. The molecule has 0 saturated heterocycles. The van der Waals surface area contributed by atoms with Crippen molar-refractivity contribution in [3.63, 3.8) is 0 Å².